The Balaban J connectivity index is 1.91. The summed E-state index contributed by atoms with van der Waals surface area (Å²) in [4.78, 5) is 8.61. The van der Waals surface area contributed by atoms with Crippen LogP contribution in [0.3, 0.4) is 0 Å². The molecule has 1 fully saturated rings. The van der Waals surface area contributed by atoms with Gasteiger partial charge in [-0.15, -0.1) is 0 Å². The summed E-state index contributed by atoms with van der Waals surface area (Å²) in [6.07, 6.45) is 4.93. The van der Waals surface area contributed by atoms with Gasteiger partial charge in [0.2, 0.25) is 11.8 Å². The van der Waals surface area contributed by atoms with Crippen LogP contribution < -0.4 is 15.4 Å². The van der Waals surface area contributed by atoms with Crippen LogP contribution in [0.2, 0.25) is 0 Å². The molecular weight excluding hydrogens is 228 g/mol. The van der Waals surface area contributed by atoms with Gasteiger partial charge in [0.05, 0.1) is 6.61 Å². The normalized spacial score (nSPS) is 23.7. The Hall–Kier alpha value is -1.36. The molecule has 1 aromatic heterocycles. The number of nitrogens with one attached hydrogen (secondary N) is 2. The number of aromatic nitrogens is 2. The molecule has 1 aromatic rings. The standard InChI is InChI=1S/C13H22N4O/c1-3-8-18-12-5-7-15-13(17-12)16-11-4-6-14-10(2)9-11/h5,7,10-11,14H,3-4,6,8-9H2,1-2H3,(H,15,16,17). The Bertz CT molecular complexity index is 372. The predicted octanol–water partition coefficient (Wildman–Crippen LogP) is 1.82. The van der Waals surface area contributed by atoms with Crippen LogP contribution in [-0.4, -0.2) is 35.2 Å². The van der Waals surface area contributed by atoms with Crippen molar-refractivity contribution in [3.63, 3.8) is 0 Å². The summed E-state index contributed by atoms with van der Waals surface area (Å²) in [6, 6.07) is 2.80. The topological polar surface area (TPSA) is 59.1 Å². The first-order valence-electron chi connectivity index (χ1n) is 6.73. The molecule has 2 heterocycles. The molecule has 0 aromatic carbocycles. The summed E-state index contributed by atoms with van der Waals surface area (Å²) in [5.41, 5.74) is 0. The van der Waals surface area contributed by atoms with E-state index in [2.05, 4.69) is 34.4 Å². The molecule has 100 valence electrons. The summed E-state index contributed by atoms with van der Waals surface area (Å²) in [7, 11) is 0. The van der Waals surface area contributed by atoms with E-state index in [4.69, 9.17) is 4.74 Å². The fourth-order valence-corrected chi connectivity index (χ4v) is 2.14. The molecule has 0 radical (unpaired) electrons. The van der Waals surface area contributed by atoms with E-state index < -0.39 is 0 Å². The van der Waals surface area contributed by atoms with E-state index in [-0.39, 0.29) is 0 Å². The Kier molecular flexibility index (Phi) is 4.75. The van der Waals surface area contributed by atoms with E-state index >= 15 is 0 Å². The largest absolute Gasteiger partial charge is 0.478 e. The maximum atomic E-state index is 5.50. The van der Waals surface area contributed by atoms with E-state index in [1.165, 1.54) is 0 Å². The Morgan fingerprint density at radius 3 is 3.22 bits per heavy atom. The summed E-state index contributed by atoms with van der Waals surface area (Å²) in [5.74, 6) is 1.32. The number of nitrogens with zero attached hydrogens (tertiary/aromatic N) is 2. The van der Waals surface area contributed by atoms with E-state index in [0.29, 0.717) is 30.5 Å². The second kappa shape index (κ2) is 6.54. The van der Waals surface area contributed by atoms with Crippen molar-refractivity contribution in [1.82, 2.24) is 15.3 Å². The molecule has 2 rings (SSSR count). The average Bonchev–Trinajstić information content (AvgIpc) is 2.37. The first kappa shape index (κ1) is 13.1. The molecule has 1 aliphatic rings. The highest BCUT2D eigenvalue weighted by Gasteiger charge is 2.18. The number of anilines is 1. The van der Waals surface area contributed by atoms with Gasteiger partial charge in [-0.1, -0.05) is 6.92 Å². The fraction of sp³-hybridized carbons (Fsp3) is 0.692. The van der Waals surface area contributed by atoms with Gasteiger partial charge in [-0.2, -0.15) is 4.98 Å². The van der Waals surface area contributed by atoms with Crippen LogP contribution in [0.15, 0.2) is 12.3 Å². The summed E-state index contributed by atoms with van der Waals surface area (Å²) in [5, 5.41) is 6.82. The van der Waals surface area contributed by atoms with Crippen molar-refractivity contribution in [2.75, 3.05) is 18.5 Å². The molecule has 0 saturated carbocycles. The molecule has 18 heavy (non-hydrogen) atoms. The highest BCUT2D eigenvalue weighted by atomic mass is 16.5. The molecular formula is C13H22N4O. The summed E-state index contributed by atoms with van der Waals surface area (Å²) < 4.78 is 5.50. The van der Waals surface area contributed by atoms with Crippen LogP contribution in [0.4, 0.5) is 5.95 Å². The molecule has 0 amide bonds. The van der Waals surface area contributed by atoms with Gasteiger partial charge in [-0.05, 0) is 32.7 Å². The minimum Gasteiger partial charge on any atom is -0.478 e. The number of hydrogen-bond donors (Lipinski definition) is 2. The summed E-state index contributed by atoms with van der Waals surface area (Å²) >= 11 is 0. The lowest BCUT2D eigenvalue weighted by Gasteiger charge is -2.28. The van der Waals surface area contributed by atoms with E-state index in [9.17, 15) is 0 Å². The van der Waals surface area contributed by atoms with E-state index in [1.54, 1.807) is 12.3 Å². The number of ether oxygens (including phenoxy) is 1. The minimum absolute atomic E-state index is 0.447. The molecule has 0 aliphatic carbocycles. The van der Waals surface area contributed by atoms with E-state index in [1.807, 2.05) is 0 Å². The maximum Gasteiger partial charge on any atom is 0.226 e. The van der Waals surface area contributed by atoms with Gasteiger partial charge in [-0.25, -0.2) is 4.98 Å². The molecule has 2 atom stereocenters. The smallest absolute Gasteiger partial charge is 0.226 e. The lowest BCUT2D eigenvalue weighted by molar-refractivity contribution is 0.305. The average molecular weight is 250 g/mol. The van der Waals surface area contributed by atoms with Gasteiger partial charge in [0.1, 0.15) is 0 Å². The molecule has 1 aliphatic heterocycles. The zero-order valence-corrected chi connectivity index (χ0v) is 11.1. The highest BCUT2D eigenvalue weighted by molar-refractivity contribution is 5.29. The van der Waals surface area contributed by atoms with Gasteiger partial charge in [0.25, 0.3) is 0 Å². The number of rotatable bonds is 5. The molecule has 0 spiro atoms. The molecule has 5 nitrogen and oxygen atoms in total. The number of piperidine rings is 1. The monoisotopic (exact) mass is 250 g/mol. The lowest BCUT2D eigenvalue weighted by atomic mass is 10.0. The van der Waals surface area contributed by atoms with Crippen LogP contribution in [0.1, 0.15) is 33.1 Å². The van der Waals surface area contributed by atoms with Gasteiger partial charge in [0, 0.05) is 24.3 Å². The van der Waals surface area contributed by atoms with Crippen LogP contribution in [0.5, 0.6) is 5.88 Å². The molecule has 1 saturated heterocycles. The second-order valence-electron chi connectivity index (χ2n) is 4.79. The van der Waals surface area contributed by atoms with Gasteiger partial charge in [-0.3, -0.25) is 0 Å². The maximum absolute atomic E-state index is 5.50. The zero-order valence-electron chi connectivity index (χ0n) is 11.1. The third kappa shape index (κ3) is 3.84. The molecule has 2 unspecified atom stereocenters. The molecule has 0 bridgehead atoms. The third-order valence-corrected chi connectivity index (χ3v) is 3.04. The quantitative estimate of drug-likeness (QED) is 0.834. The number of hydrogen-bond acceptors (Lipinski definition) is 5. The van der Waals surface area contributed by atoms with Crippen molar-refractivity contribution >= 4 is 5.95 Å². The first-order chi connectivity index (χ1) is 8.78. The molecule has 2 N–H and O–H groups in total. The Morgan fingerprint density at radius 2 is 2.44 bits per heavy atom. The van der Waals surface area contributed by atoms with Crippen molar-refractivity contribution in [3.05, 3.63) is 12.3 Å². The first-order valence-corrected chi connectivity index (χ1v) is 6.73. The van der Waals surface area contributed by atoms with E-state index in [0.717, 1.165) is 25.8 Å². The van der Waals surface area contributed by atoms with Crippen LogP contribution >= 0.6 is 0 Å². The van der Waals surface area contributed by atoms with Crippen molar-refractivity contribution in [2.24, 2.45) is 0 Å². The van der Waals surface area contributed by atoms with Crippen molar-refractivity contribution in [2.45, 2.75) is 45.2 Å². The predicted molar refractivity (Wildman–Crippen MR) is 71.9 cm³/mol. The second-order valence-corrected chi connectivity index (χ2v) is 4.79. The SMILES string of the molecule is CCCOc1ccnc(NC2CCNC(C)C2)n1. The van der Waals surface area contributed by atoms with Crippen molar-refractivity contribution in [3.8, 4) is 5.88 Å². The molecule has 5 heteroatoms. The zero-order chi connectivity index (χ0) is 12.8. The Morgan fingerprint density at radius 1 is 1.56 bits per heavy atom. The summed E-state index contributed by atoms with van der Waals surface area (Å²) in [6.45, 7) is 6.03. The van der Waals surface area contributed by atoms with Crippen molar-refractivity contribution in [1.29, 1.82) is 0 Å². The van der Waals surface area contributed by atoms with Gasteiger partial charge >= 0.3 is 0 Å². The van der Waals surface area contributed by atoms with Crippen LogP contribution in [-0.2, 0) is 0 Å². The van der Waals surface area contributed by atoms with Crippen LogP contribution in [0, 0.1) is 0 Å². The fourth-order valence-electron chi connectivity index (χ4n) is 2.14. The van der Waals surface area contributed by atoms with Crippen molar-refractivity contribution < 1.29 is 4.74 Å². The third-order valence-electron chi connectivity index (χ3n) is 3.04. The lowest BCUT2D eigenvalue weighted by Crippen LogP contribution is -2.41. The van der Waals surface area contributed by atoms with Crippen LogP contribution in [0.25, 0.3) is 0 Å². The van der Waals surface area contributed by atoms with Gasteiger partial charge < -0.3 is 15.4 Å². The van der Waals surface area contributed by atoms with Gasteiger partial charge in [0.15, 0.2) is 0 Å². The highest BCUT2D eigenvalue weighted by Crippen LogP contribution is 2.15. The Labute approximate surface area is 108 Å². The minimum atomic E-state index is 0.447.